The predicted octanol–water partition coefficient (Wildman–Crippen LogP) is 4.50. The van der Waals surface area contributed by atoms with Crippen LogP contribution in [-0.2, 0) is 0 Å². The molecule has 0 bridgehead atoms. The summed E-state index contributed by atoms with van der Waals surface area (Å²) in [4.78, 5) is 2.03. The lowest BCUT2D eigenvalue weighted by atomic mass is 9.83. The smallest absolute Gasteiger partial charge is 0.145 e. The van der Waals surface area contributed by atoms with Crippen LogP contribution in [0.5, 0.6) is 0 Å². The van der Waals surface area contributed by atoms with Gasteiger partial charge in [-0.05, 0) is 68.5 Å². The van der Waals surface area contributed by atoms with Crippen molar-refractivity contribution in [1.29, 1.82) is 0 Å². The van der Waals surface area contributed by atoms with Crippen molar-refractivity contribution in [2.45, 2.75) is 45.2 Å². The summed E-state index contributed by atoms with van der Waals surface area (Å²) in [6.07, 6.45) is 1.67. The van der Waals surface area contributed by atoms with Gasteiger partial charge in [0.05, 0.1) is 10.5 Å². The molecule has 120 valence electrons. The highest BCUT2D eigenvalue weighted by Gasteiger charge is 2.38. The molecular formula is C16H25BrF2N2. The summed E-state index contributed by atoms with van der Waals surface area (Å²) < 4.78 is 29.1. The molecule has 0 amide bonds. The molecule has 0 aliphatic carbocycles. The van der Waals surface area contributed by atoms with Gasteiger partial charge in [-0.3, -0.25) is 0 Å². The van der Waals surface area contributed by atoms with E-state index in [0.717, 1.165) is 12.8 Å². The number of hydrogen-bond donors (Lipinski definition) is 1. The molecule has 21 heavy (non-hydrogen) atoms. The lowest BCUT2D eigenvalue weighted by molar-refractivity contribution is 0.109. The van der Waals surface area contributed by atoms with Crippen molar-refractivity contribution in [3.05, 3.63) is 33.8 Å². The molecule has 0 spiro atoms. The Morgan fingerprint density at radius 3 is 2.38 bits per heavy atom. The Balaban J connectivity index is 3.42. The number of rotatable bonds is 7. The molecule has 0 fully saturated rings. The molecular weight excluding hydrogens is 338 g/mol. The number of benzene rings is 1. The van der Waals surface area contributed by atoms with E-state index in [-0.39, 0.29) is 5.56 Å². The van der Waals surface area contributed by atoms with Crippen molar-refractivity contribution in [2.24, 2.45) is 0 Å². The average molecular weight is 363 g/mol. The van der Waals surface area contributed by atoms with E-state index in [9.17, 15) is 8.78 Å². The van der Waals surface area contributed by atoms with Crippen molar-refractivity contribution in [1.82, 2.24) is 10.2 Å². The molecule has 2 nitrogen and oxygen atoms in total. The van der Waals surface area contributed by atoms with E-state index < -0.39 is 23.2 Å². The fourth-order valence-electron chi connectivity index (χ4n) is 2.51. The summed E-state index contributed by atoms with van der Waals surface area (Å²) in [5, 5.41) is 3.32. The Kier molecular flexibility index (Phi) is 6.75. The maximum Gasteiger partial charge on any atom is 0.145 e. The van der Waals surface area contributed by atoms with Crippen LogP contribution in [-0.4, -0.2) is 31.1 Å². The van der Waals surface area contributed by atoms with Crippen LogP contribution in [0.15, 0.2) is 16.6 Å². The van der Waals surface area contributed by atoms with Gasteiger partial charge in [-0.25, -0.2) is 8.78 Å². The molecule has 1 rings (SSSR count). The highest BCUT2D eigenvalue weighted by atomic mass is 79.9. The normalized spacial score (nSPS) is 16.0. The molecule has 2 unspecified atom stereocenters. The Morgan fingerprint density at radius 2 is 1.90 bits per heavy atom. The third-order valence-electron chi connectivity index (χ3n) is 4.33. The summed E-state index contributed by atoms with van der Waals surface area (Å²) in [7, 11) is 3.88. The summed E-state index contributed by atoms with van der Waals surface area (Å²) in [5.41, 5.74) is -0.284. The van der Waals surface area contributed by atoms with Gasteiger partial charge in [-0.2, -0.15) is 0 Å². The second-order valence-electron chi connectivity index (χ2n) is 5.75. The number of nitrogens with one attached hydrogen (secondary N) is 1. The first kappa shape index (κ1) is 18.5. The predicted molar refractivity (Wildman–Crippen MR) is 87.5 cm³/mol. The van der Waals surface area contributed by atoms with E-state index in [1.807, 2.05) is 39.8 Å². The third kappa shape index (κ3) is 3.82. The van der Waals surface area contributed by atoms with Gasteiger partial charge in [-0.15, -0.1) is 0 Å². The summed E-state index contributed by atoms with van der Waals surface area (Å²) >= 11 is 3.16. The maximum atomic E-state index is 14.5. The zero-order valence-electron chi connectivity index (χ0n) is 13.4. The first-order chi connectivity index (χ1) is 9.79. The molecule has 5 heteroatoms. The number of nitrogens with zero attached hydrogens (tertiary/aromatic N) is 1. The van der Waals surface area contributed by atoms with Gasteiger partial charge in [0.2, 0.25) is 0 Å². The lowest BCUT2D eigenvalue weighted by Crippen LogP contribution is -2.52. The zero-order valence-corrected chi connectivity index (χ0v) is 15.0. The van der Waals surface area contributed by atoms with Crippen LogP contribution in [0.4, 0.5) is 8.78 Å². The summed E-state index contributed by atoms with van der Waals surface area (Å²) in [5.74, 6) is -1.03. The molecule has 0 radical (unpaired) electrons. The third-order valence-corrected chi connectivity index (χ3v) is 4.94. The van der Waals surface area contributed by atoms with Gasteiger partial charge in [0, 0.05) is 11.1 Å². The standard InChI is InChI=1S/C16H25BrF2N2/c1-6-10-20-15(16(3,7-2)21(4)5)13-12(18)9-8-11(17)14(13)19/h8-9,15,20H,6-7,10H2,1-5H3. The molecule has 1 aromatic rings. The van der Waals surface area contributed by atoms with Crippen LogP contribution in [0.1, 0.15) is 45.2 Å². The molecule has 0 saturated heterocycles. The minimum Gasteiger partial charge on any atom is -0.308 e. The van der Waals surface area contributed by atoms with Gasteiger partial charge in [0.25, 0.3) is 0 Å². The highest BCUT2D eigenvalue weighted by Crippen LogP contribution is 2.37. The molecule has 0 aromatic heterocycles. The van der Waals surface area contributed by atoms with Gasteiger partial charge < -0.3 is 10.2 Å². The van der Waals surface area contributed by atoms with E-state index in [1.165, 1.54) is 12.1 Å². The second kappa shape index (κ2) is 7.65. The molecule has 0 aliphatic rings. The summed E-state index contributed by atoms with van der Waals surface area (Å²) in [6.45, 7) is 6.81. The Labute approximate surface area is 135 Å². The molecule has 0 heterocycles. The second-order valence-corrected chi connectivity index (χ2v) is 6.60. The largest absolute Gasteiger partial charge is 0.308 e. The fourth-order valence-corrected chi connectivity index (χ4v) is 2.85. The quantitative estimate of drug-likeness (QED) is 0.718. The summed E-state index contributed by atoms with van der Waals surface area (Å²) in [6, 6.07) is 2.30. The Morgan fingerprint density at radius 1 is 1.29 bits per heavy atom. The van der Waals surface area contributed by atoms with Gasteiger partial charge >= 0.3 is 0 Å². The van der Waals surface area contributed by atoms with Crippen LogP contribution >= 0.6 is 15.9 Å². The maximum absolute atomic E-state index is 14.5. The lowest BCUT2D eigenvalue weighted by Gasteiger charge is -2.43. The van der Waals surface area contributed by atoms with Crippen LogP contribution in [0, 0.1) is 11.6 Å². The van der Waals surface area contributed by atoms with Crippen LogP contribution < -0.4 is 5.32 Å². The molecule has 2 atom stereocenters. The number of likely N-dealkylation sites (N-methyl/N-ethyl adjacent to an activating group) is 1. The SMILES string of the molecule is CCCNC(c1c(F)ccc(Br)c1F)C(C)(CC)N(C)C. The van der Waals surface area contributed by atoms with Crippen LogP contribution in [0.2, 0.25) is 0 Å². The zero-order chi connectivity index (χ0) is 16.2. The average Bonchev–Trinajstić information content (AvgIpc) is 2.45. The molecule has 1 N–H and O–H groups in total. The monoisotopic (exact) mass is 362 g/mol. The first-order valence-corrected chi connectivity index (χ1v) is 8.13. The van der Waals surface area contributed by atoms with E-state index in [2.05, 4.69) is 21.2 Å². The van der Waals surface area contributed by atoms with Crippen molar-refractivity contribution >= 4 is 15.9 Å². The highest BCUT2D eigenvalue weighted by molar-refractivity contribution is 9.10. The van der Waals surface area contributed by atoms with Crippen molar-refractivity contribution in [2.75, 3.05) is 20.6 Å². The number of hydrogen-bond acceptors (Lipinski definition) is 2. The Bertz CT molecular complexity index is 480. The van der Waals surface area contributed by atoms with Crippen molar-refractivity contribution in [3.8, 4) is 0 Å². The van der Waals surface area contributed by atoms with Crippen molar-refractivity contribution in [3.63, 3.8) is 0 Å². The van der Waals surface area contributed by atoms with Crippen LogP contribution in [0.3, 0.4) is 0 Å². The van der Waals surface area contributed by atoms with Crippen molar-refractivity contribution < 1.29 is 8.78 Å². The van der Waals surface area contributed by atoms with E-state index >= 15 is 0 Å². The molecule has 0 saturated carbocycles. The number of halogens is 3. The van der Waals surface area contributed by atoms with E-state index in [4.69, 9.17) is 0 Å². The van der Waals surface area contributed by atoms with Gasteiger partial charge in [-0.1, -0.05) is 13.8 Å². The van der Waals surface area contributed by atoms with E-state index in [0.29, 0.717) is 11.0 Å². The van der Waals surface area contributed by atoms with Gasteiger partial charge in [0.1, 0.15) is 11.6 Å². The van der Waals surface area contributed by atoms with E-state index in [1.54, 1.807) is 0 Å². The minimum atomic E-state index is -0.523. The molecule has 1 aromatic carbocycles. The van der Waals surface area contributed by atoms with Crippen LogP contribution in [0.25, 0.3) is 0 Å². The fraction of sp³-hybridized carbons (Fsp3) is 0.625. The first-order valence-electron chi connectivity index (χ1n) is 7.33. The topological polar surface area (TPSA) is 15.3 Å². The minimum absolute atomic E-state index is 0.107. The van der Waals surface area contributed by atoms with Gasteiger partial charge in [0.15, 0.2) is 0 Å². The Hall–Kier alpha value is -0.520. The molecule has 0 aliphatic heterocycles.